The van der Waals surface area contributed by atoms with Gasteiger partial charge < -0.3 is 10.2 Å². The summed E-state index contributed by atoms with van der Waals surface area (Å²) in [5.41, 5.74) is 5.66. The van der Waals surface area contributed by atoms with Gasteiger partial charge in [-0.25, -0.2) is 18.3 Å². The summed E-state index contributed by atoms with van der Waals surface area (Å²) in [5, 5.41) is 16.5. The monoisotopic (exact) mass is 520 g/mol. The third-order valence-electron chi connectivity index (χ3n) is 7.88. The number of nitrogens with one attached hydrogen (secondary N) is 2. The van der Waals surface area contributed by atoms with Crippen LogP contribution in [-0.4, -0.2) is 55.0 Å². The fourth-order valence-corrected chi connectivity index (χ4v) is 6.13. The standard InChI is InChI=1S/C29H22F2N8/c30-22-10-17(11-23(31)28(22)38-15-18-12-19(38)13-34-18)25-6-9-33-29-26(20-2-1-3-24-21(20)14-35-36-24)27(37-39(25)29)16-4-7-32-8-5-16/h1-11,14,18-19,34H,12-13,15H2,(H,35,36)/t18-,19+/m1/s1. The zero-order chi connectivity index (χ0) is 26.1. The largest absolute Gasteiger partial charge is 0.361 e. The van der Waals surface area contributed by atoms with Gasteiger partial charge in [-0.1, -0.05) is 12.1 Å². The van der Waals surface area contributed by atoms with Crippen LogP contribution in [0.2, 0.25) is 0 Å². The van der Waals surface area contributed by atoms with Crippen LogP contribution >= 0.6 is 0 Å². The fraction of sp³-hybridized carbons (Fsp3) is 0.172. The molecule has 2 aromatic carbocycles. The van der Waals surface area contributed by atoms with Crippen LogP contribution < -0.4 is 10.2 Å². The van der Waals surface area contributed by atoms with E-state index in [-0.39, 0.29) is 17.8 Å². The Morgan fingerprint density at radius 3 is 2.56 bits per heavy atom. The minimum absolute atomic E-state index is 0.0447. The average molecular weight is 521 g/mol. The molecule has 10 heteroatoms. The third kappa shape index (κ3) is 3.38. The van der Waals surface area contributed by atoms with Crippen molar-refractivity contribution in [2.45, 2.75) is 18.5 Å². The number of hydrogen-bond acceptors (Lipinski definition) is 6. The van der Waals surface area contributed by atoms with Crippen LogP contribution in [0.25, 0.3) is 50.2 Å². The normalized spacial score (nSPS) is 18.6. The number of pyridine rings is 1. The summed E-state index contributed by atoms with van der Waals surface area (Å²) in [6.45, 7) is 1.35. The number of H-pyrrole nitrogens is 1. The van der Waals surface area contributed by atoms with E-state index in [4.69, 9.17) is 5.10 Å². The molecule has 192 valence electrons. The van der Waals surface area contributed by atoms with Gasteiger partial charge in [0.05, 0.1) is 23.0 Å². The highest BCUT2D eigenvalue weighted by Gasteiger charge is 2.40. The summed E-state index contributed by atoms with van der Waals surface area (Å²) < 4.78 is 32.8. The summed E-state index contributed by atoms with van der Waals surface area (Å²) in [7, 11) is 0. The molecule has 2 N–H and O–H groups in total. The first-order valence-electron chi connectivity index (χ1n) is 12.9. The summed E-state index contributed by atoms with van der Waals surface area (Å²) in [6, 6.07) is 14.6. The van der Waals surface area contributed by atoms with Gasteiger partial charge in [-0.3, -0.25) is 10.1 Å². The smallest absolute Gasteiger partial charge is 0.164 e. The summed E-state index contributed by atoms with van der Waals surface area (Å²) in [6.07, 6.45) is 7.75. The van der Waals surface area contributed by atoms with Crippen molar-refractivity contribution < 1.29 is 8.78 Å². The van der Waals surface area contributed by atoms with Crippen LogP contribution in [0.4, 0.5) is 14.5 Å². The number of halogens is 2. The van der Waals surface area contributed by atoms with E-state index in [2.05, 4.69) is 25.5 Å². The highest BCUT2D eigenvalue weighted by Crippen LogP contribution is 2.40. The molecule has 0 unspecified atom stereocenters. The van der Waals surface area contributed by atoms with Crippen LogP contribution in [0.5, 0.6) is 0 Å². The van der Waals surface area contributed by atoms with Crippen LogP contribution in [0.1, 0.15) is 6.42 Å². The number of nitrogens with zero attached hydrogens (tertiary/aromatic N) is 6. The molecule has 0 saturated carbocycles. The average Bonchev–Trinajstić information content (AvgIpc) is 3.76. The van der Waals surface area contributed by atoms with Gasteiger partial charge in [0, 0.05) is 60.3 Å². The van der Waals surface area contributed by atoms with E-state index in [0.29, 0.717) is 29.1 Å². The molecule has 8 rings (SSSR count). The first-order chi connectivity index (χ1) is 19.2. The Hall–Kier alpha value is -4.70. The van der Waals surface area contributed by atoms with E-state index < -0.39 is 11.6 Å². The van der Waals surface area contributed by atoms with Crippen molar-refractivity contribution in [1.82, 2.24) is 35.1 Å². The van der Waals surface area contributed by atoms with Crippen LogP contribution in [-0.2, 0) is 0 Å². The Kier molecular flexibility index (Phi) is 4.80. The lowest BCUT2D eigenvalue weighted by Gasteiger charge is -2.30. The second kappa shape index (κ2) is 8.40. The lowest BCUT2D eigenvalue weighted by atomic mass is 9.99. The molecule has 0 amide bonds. The number of anilines is 1. The number of piperazine rings is 1. The van der Waals surface area contributed by atoms with Gasteiger partial charge in [0.1, 0.15) is 23.0 Å². The number of aromatic nitrogens is 6. The molecule has 39 heavy (non-hydrogen) atoms. The molecule has 6 aromatic rings. The SMILES string of the molecule is Fc1cc(-c2ccnc3c(-c4cccc5[nH]ncc45)c(-c4ccncc4)nn23)cc(F)c1N1C[C@H]2C[C@H]1CN2. The molecule has 2 aliphatic rings. The van der Waals surface area contributed by atoms with Gasteiger partial charge >= 0.3 is 0 Å². The van der Waals surface area contributed by atoms with E-state index in [1.54, 1.807) is 35.4 Å². The maximum absolute atomic E-state index is 15.6. The van der Waals surface area contributed by atoms with Crippen LogP contribution in [0, 0.1) is 11.6 Å². The van der Waals surface area contributed by atoms with E-state index in [1.807, 2.05) is 35.2 Å². The van der Waals surface area contributed by atoms with Gasteiger partial charge in [0.2, 0.25) is 0 Å². The van der Waals surface area contributed by atoms with Gasteiger partial charge in [-0.2, -0.15) is 10.2 Å². The molecule has 0 radical (unpaired) electrons. The van der Waals surface area contributed by atoms with Crippen molar-refractivity contribution >= 4 is 22.2 Å². The summed E-state index contributed by atoms with van der Waals surface area (Å²) in [4.78, 5) is 10.7. The van der Waals surface area contributed by atoms with E-state index in [1.165, 1.54) is 12.1 Å². The molecular formula is C29H22F2N8. The Labute approximate surface area is 221 Å². The molecule has 4 aromatic heterocycles. The van der Waals surface area contributed by atoms with Gasteiger partial charge in [0.15, 0.2) is 5.65 Å². The molecule has 8 nitrogen and oxygen atoms in total. The molecule has 0 aliphatic carbocycles. The number of hydrogen-bond donors (Lipinski definition) is 2. The molecule has 2 saturated heterocycles. The Morgan fingerprint density at radius 2 is 1.79 bits per heavy atom. The number of aromatic amines is 1. The predicted octanol–water partition coefficient (Wildman–Crippen LogP) is 4.83. The molecule has 2 atom stereocenters. The molecular weight excluding hydrogens is 498 g/mol. The fourth-order valence-electron chi connectivity index (χ4n) is 6.13. The second-order valence-electron chi connectivity index (χ2n) is 10.1. The van der Waals surface area contributed by atoms with Crippen LogP contribution in [0.3, 0.4) is 0 Å². The maximum atomic E-state index is 15.6. The van der Waals surface area contributed by atoms with Crippen molar-refractivity contribution in [3.05, 3.63) is 85.0 Å². The van der Waals surface area contributed by atoms with Crippen molar-refractivity contribution in [2.75, 3.05) is 18.0 Å². The molecule has 2 aliphatic heterocycles. The minimum Gasteiger partial charge on any atom is -0.361 e. The Morgan fingerprint density at radius 1 is 0.949 bits per heavy atom. The second-order valence-corrected chi connectivity index (χ2v) is 10.1. The molecule has 0 spiro atoms. The minimum atomic E-state index is -0.576. The van der Waals surface area contributed by atoms with Crippen molar-refractivity contribution in [1.29, 1.82) is 0 Å². The lowest BCUT2D eigenvalue weighted by Crippen LogP contribution is -2.44. The van der Waals surface area contributed by atoms with Gasteiger partial charge in [-0.15, -0.1) is 0 Å². The third-order valence-corrected chi connectivity index (χ3v) is 7.88. The number of fused-ring (bicyclic) bond motifs is 4. The summed E-state index contributed by atoms with van der Waals surface area (Å²) >= 11 is 0. The van der Waals surface area contributed by atoms with E-state index >= 15 is 8.78 Å². The summed E-state index contributed by atoms with van der Waals surface area (Å²) in [5.74, 6) is -1.15. The maximum Gasteiger partial charge on any atom is 0.164 e. The predicted molar refractivity (Wildman–Crippen MR) is 144 cm³/mol. The van der Waals surface area contributed by atoms with E-state index in [9.17, 15) is 0 Å². The van der Waals surface area contributed by atoms with Gasteiger partial charge in [-0.05, 0) is 48.4 Å². The lowest BCUT2D eigenvalue weighted by molar-refractivity contribution is 0.535. The van der Waals surface area contributed by atoms with Gasteiger partial charge in [0.25, 0.3) is 0 Å². The Bertz CT molecular complexity index is 1860. The number of rotatable bonds is 4. The topological polar surface area (TPSA) is 87.0 Å². The first kappa shape index (κ1) is 22.3. The van der Waals surface area contributed by atoms with Crippen molar-refractivity contribution in [3.8, 4) is 33.6 Å². The molecule has 2 bridgehead atoms. The van der Waals surface area contributed by atoms with E-state index in [0.717, 1.165) is 40.6 Å². The van der Waals surface area contributed by atoms with Crippen molar-refractivity contribution in [3.63, 3.8) is 0 Å². The van der Waals surface area contributed by atoms with Crippen LogP contribution in [0.15, 0.2) is 73.3 Å². The molecule has 2 fully saturated rings. The zero-order valence-electron chi connectivity index (χ0n) is 20.6. The highest BCUT2D eigenvalue weighted by molar-refractivity contribution is 6.02. The zero-order valence-corrected chi connectivity index (χ0v) is 20.6. The quantitative estimate of drug-likeness (QED) is 0.346. The number of benzene rings is 2. The first-order valence-corrected chi connectivity index (χ1v) is 12.9. The Balaban J connectivity index is 1.34. The molecule has 6 heterocycles. The highest BCUT2D eigenvalue weighted by atomic mass is 19.1. The van der Waals surface area contributed by atoms with Crippen molar-refractivity contribution in [2.24, 2.45) is 0 Å².